The van der Waals surface area contributed by atoms with Crippen molar-refractivity contribution >= 4 is 0 Å². The summed E-state index contributed by atoms with van der Waals surface area (Å²) in [6.45, 7) is 3.53. The molecule has 17 heavy (non-hydrogen) atoms. The third-order valence-electron chi connectivity index (χ3n) is 4.75. The highest BCUT2D eigenvalue weighted by molar-refractivity contribution is 4.94. The summed E-state index contributed by atoms with van der Waals surface area (Å²) in [5.41, 5.74) is 0.426. The number of hydrogen-bond acceptors (Lipinski definition) is 3. The van der Waals surface area contributed by atoms with Crippen LogP contribution >= 0.6 is 0 Å². The zero-order chi connectivity index (χ0) is 12.1. The number of rotatable bonds is 4. The van der Waals surface area contributed by atoms with Crippen LogP contribution in [-0.2, 0) is 0 Å². The van der Waals surface area contributed by atoms with E-state index < -0.39 is 0 Å². The van der Waals surface area contributed by atoms with Crippen LogP contribution < -0.4 is 10.6 Å². The maximum absolute atomic E-state index is 3.81. The highest BCUT2D eigenvalue weighted by Crippen LogP contribution is 2.31. The second-order valence-corrected chi connectivity index (χ2v) is 6.10. The van der Waals surface area contributed by atoms with E-state index in [1.54, 1.807) is 0 Å². The van der Waals surface area contributed by atoms with Gasteiger partial charge in [0.15, 0.2) is 0 Å². The molecular weight excluding hydrogens is 210 g/mol. The van der Waals surface area contributed by atoms with Crippen LogP contribution in [0.1, 0.15) is 44.9 Å². The molecule has 0 spiro atoms. The first-order valence-corrected chi connectivity index (χ1v) is 7.34. The van der Waals surface area contributed by atoms with Gasteiger partial charge in [-0.1, -0.05) is 19.3 Å². The summed E-state index contributed by atoms with van der Waals surface area (Å²) in [7, 11) is 4.51. The van der Waals surface area contributed by atoms with Crippen molar-refractivity contribution in [3.8, 4) is 0 Å². The molecule has 2 aliphatic rings. The Hall–Kier alpha value is -0.120. The maximum atomic E-state index is 3.81. The average molecular weight is 239 g/mol. The minimum absolute atomic E-state index is 0.426. The van der Waals surface area contributed by atoms with E-state index in [9.17, 15) is 0 Å². The van der Waals surface area contributed by atoms with Gasteiger partial charge in [0.05, 0.1) is 0 Å². The van der Waals surface area contributed by atoms with Crippen LogP contribution in [-0.4, -0.2) is 50.2 Å². The number of likely N-dealkylation sites (N-methyl/N-ethyl adjacent to an activating group) is 1. The molecule has 1 aliphatic heterocycles. The van der Waals surface area contributed by atoms with E-state index in [0.717, 1.165) is 6.54 Å². The molecule has 0 aromatic heterocycles. The van der Waals surface area contributed by atoms with E-state index in [2.05, 4.69) is 29.6 Å². The Bertz CT molecular complexity index is 216. The molecule has 3 nitrogen and oxygen atoms in total. The summed E-state index contributed by atoms with van der Waals surface area (Å²) in [6.07, 6.45) is 9.65. The molecular formula is C14H29N3. The normalized spacial score (nSPS) is 29.5. The molecule has 1 atom stereocenters. The van der Waals surface area contributed by atoms with Gasteiger partial charge in [0.1, 0.15) is 0 Å². The van der Waals surface area contributed by atoms with Gasteiger partial charge in [-0.2, -0.15) is 0 Å². The monoisotopic (exact) mass is 239 g/mol. The minimum Gasteiger partial charge on any atom is -0.315 e. The first-order valence-electron chi connectivity index (χ1n) is 7.34. The zero-order valence-electron chi connectivity index (χ0n) is 11.6. The lowest BCUT2D eigenvalue weighted by Crippen LogP contribution is -2.56. The third-order valence-corrected chi connectivity index (χ3v) is 4.75. The van der Waals surface area contributed by atoms with Crippen LogP contribution in [0.5, 0.6) is 0 Å². The van der Waals surface area contributed by atoms with Crippen LogP contribution in [0.3, 0.4) is 0 Å². The molecule has 3 heteroatoms. The molecule has 2 rings (SSSR count). The van der Waals surface area contributed by atoms with E-state index in [1.165, 1.54) is 58.0 Å². The van der Waals surface area contributed by atoms with Crippen molar-refractivity contribution in [2.75, 3.05) is 33.7 Å². The predicted octanol–water partition coefficient (Wildman–Crippen LogP) is 1.59. The van der Waals surface area contributed by atoms with E-state index >= 15 is 0 Å². The molecule has 1 saturated carbocycles. The number of hydrogen-bond donors (Lipinski definition) is 2. The third kappa shape index (κ3) is 3.43. The van der Waals surface area contributed by atoms with Crippen LogP contribution in [0.4, 0.5) is 0 Å². The fourth-order valence-corrected chi connectivity index (χ4v) is 3.35. The van der Waals surface area contributed by atoms with Gasteiger partial charge in [0.25, 0.3) is 0 Å². The van der Waals surface area contributed by atoms with Crippen LogP contribution in [0, 0.1) is 0 Å². The quantitative estimate of drug-likeness (QED) is 0.780. The lowest BCUT2D eigenvalue weighted by molar-refractivity contribution is 0.0938. The lowest BCUT2D eigenvalue weighted by atomic mass is 9.80. The Labute approximate surface area is 106 Å². The molecule has 0 bridgehead atoms. The summed E-state index contributed by atoms with van der Waals surface area (Å²) >= 11 is 0. The molecule has 2 N–H and O–H groups in total. The van der Waals surface area contributed by atoms with Crippen LogP contribution in [0.25, 0.3) is 0 Å². The minimum atomic E-state index is 0.426. The van der Waals surface area contributed by atoms with Gasteiger partial charge in [-0.3, -0.25) is 0 Å². The molecule has 0 amide bonds. The van der Waals surface area contributed by atoms with Gasteiger partial charge in [-0.15, -0.1) is 0 Å². The molecule has 2 fully saturated rings. The molecule has 0 radical (unpaired) electrons. The predicted molar refractivity (Wildman–Crippen MR) is 73.4 cm³/mol. The molecule has 0 aromatic carbocycles. The van der Waals surface area contributed by atoms with E-state index in [4.69, 9.17) is 0 Å². The smallest absolute Gasteiger partial charge is 0.0328 e. The largest absolute Gasteiger partial charge is 0.315 e. The topological polar surface area (TPSA) is 27.3 Å². The van der Waals surface area contributed by atoms with Gasteiger partial charge in [-0.25, -0.2) is 0 Å². The van der Waals surface area contributed by atoms with Crippen molar-refractivity contribution < 1.29 is 0 Å². The Kier molecular flexibility index (Phi) is 4.83. The highest BCUT2D eigenvalue weighted by Gasteiger charge is 2.34. The molecule has 1 aliphatic carbocycles. The van der Waals surface area contributed by atoms with Crippen LogP contribution in [0.2, 0.25) is 0 Å². The average Bonchev–Trinajstić information content (AvgIpc) is 2.38. The van der Waals surface area contributed by atoms with Gasteiger partial charge in [-0.05, 0) is 46.3 Å². The summed E-state index contributed by atoms with van der Waals surface area (Å²) in [4.78, 5) is 2.47. The van der Waals surface area contributed by atoms with Crippen molar-refractivity contribution in [3.05, 3.63) is 0 Å². The second-order valence-electron chi connectivity index (χ2n) is 6.10. The summed E-state index contributed by atoms with van der Waals surface area (Å²) in [5.74, 6) is 0. The Balaban J connectivity index is 1.84. The second kappa shape index (κ2) is 6.17. The fourth-order valence-electron chi connectivity index (χ4n) is 3.35. The molecule has 0 aromatic rings. The first kappa shape index (κ1) is 13.3. The molecule has 1 saturated heterocycles. The first-order chi connectivity index (χ1) is 8.23. The summed E-state index contributed by atoms with van der Waals surface area (Å²) in [6, 6.07) is 0.697. The summed E-state index contributed by atoms with van der Waals surface area (Å²) in [5, 5.41) is 7.30. The van der Waals surface area contributed by atoms with Gasteiger partial charge >= 0.3 is 0 Å². The zero-order valence-corrected chi connectivity index (χ0v) is 11.6. The van der Waals surface area contributed by atoms with Crippen molar-refractivity contribution in [3.63, 3.8) is 0 Å². The molecule has 1 heterocycles. The number of piperidine rings is 1. The summed E-state index contributed by atoms with van der Waals surface area (Å²) < 4.78 is 0. The van der Waals surface area contributed by atoms with E-state index in [1.807, 2.05) is 0 Å². The van der Waals surface area contributed by atoms with Crippen molar-refractivity contribution in [2.24, 2.45) is 0 Å². The lowest BCUT2D eigenvalue weighted by Gasteiger charge is -2.44. The van der Waals surface area contributed by atoms with E-state index in [0.29, 0.717) is 11.6 Å². The van der Waals surface area contributed by atoms with Crippen molar-refractivity contribution in [1.29, 1.82) is 0 Å². The Morgan fingerprint density at radius 3 is 2.53 bits per heavy atom. The highest BCUT2D eigenvalue weighted by atomic mass is 15.2. The van der Waals surface area contributed by atoms with Gasteiger partial charge in [0, 0.05) is 24.7 Å². The standard InChI is InChI=1S/C14H29N3/c1-17(2)14(8-4-3-5-9-14)12-16-13-7-6-10-15-11-13/h13,15-16H,3-12H2,1-2H3. The van der Waals surface area contributed by atoms with Gasteiger partial charge in [0.2, 0.25) is 0 Å². The molecule has 1 unspecified atom stereocenters. The van der Waals surface area contributed by atoms with E-state index in [-0.39, 0.29) is 0 Å². The maximum Gasteiger partial charge on any atom is 0.0328 e. The fraction of sp³-hybridized carbons (Fsp3) is 1.00. The number of nitrogens with zero attached hydrogens (tertiary/aromatic N) is 1. The number of nitrogens with one attached hydrogen (secondary N) is 2. The van der Waals surface area contributed by atoms with Gasteiger partial charge < -0.3 is 15.5 Å². The Morgan fingerprint density at radius 1 is 1.18 bits per heavy atom. The van der Waals surface area contributed by atoms with Crippen LogP contribution in [0.15, 0.2) is 0 Å². The van der Waals surface area contributed by atoms with Crippen molar-refractivity contribution in [2.45, 2.75) is 56.5 Å². The van der Waals surface area contributed by atoms with Crippen molar-refractivity contribution in [1.82, 2.24) is 15.5 Å². The Morgan fingerprint density at radius 2 is 1.94 bits per heavy atom. The molecule has 100 valence electrons. The SMILES string of the molecule is CN(C)C1(CNC2CCCNC2)CCCCC1.